The zero-order valence-electron chi connectivity index (χ0n) is 13.5. The van der Waals surface area contributed by atoms with Gasteiger partial charge in [0.15, 0.2) is 0 Å². The van der Waals surface area contributed by atoms with Crippen molar-refractivity contribution in [3.8, 4) is 11.1 Å². The van der Waals surface area contributed by atoms with Gasteiger partial charge in [0.2, 0.25) is 0 Å². The van der Waals surface area contributed by atoms with E-state index in [9.17, 15) is 14.7 Å². The summed E-state index contributed by atoms with van der Waals surface area (Å²) in [6.07, 6.45) is 3.60. The van der Waals surface area contributed by atoms with Crippen molar-refractivity contribution >= 4 is 35.1 Å². The maximum absolute atomic E-state index is 13.0. The first kappa shape index (κ1) is 16.9. The largest absolute Gasteiger partial charge is 0.478 e. The molecule has 0 radical (unpaired) electrons. The van der Waals surface area contributed by atoms with E-state index in [-0.39, 0.29) is 21.5 Å². The minimum Gasteiger partial charge on any atom is -0.478 e. The van der Waals surface area contributed by atoms with E-state index in [0.29, 0.717) is 25.1 Å². The van der Waals surface area contributed by atoms with Crippen LogP contribution in [0.2, 0.25) is 10.0 Å². The van der Waals surface area contributed by atoms with Crippen molar-refractivity contribution in [2.24, 2.45) is 0 Å². The van der Waals surface area contributed by atoms with Crippen LogP contribution in [0.5, 0.6) is 0 Å². The van der Waals surface area contributed by atoms with Crippen molar-refractivity contribution in [1.82, 2.24) is 4.90 Å². The van der Waals surface area contributed by atoms with Gasteiger partial charge in [-0.3, -0.25) is 4.79 Å². The summed E-state index contributed by atoms with van der Waals surface area (Å²) in [6.45, 7) is 0.771. The molecule has 4 rings (SSSR count). The Morgan fingerprint density at radius 3 is 2.77 bits per heavy atom. The van der Waals surface area contributed by atoms with Crippen LogP contribution in [-0.4, -0.2) is 28.4 Å². The SMILES string of the molecule is O=C(O)c1c(Cl)cc2c(c1Cl)CCN(C(=O)c1ccc3ccocc1-3)C2. The Balaban J connectivity index is 1.67. The number of hydrogen-bond acceptors (Lipinski definition) is 3. The number of carboxylic acid groups (broad SMARTS) is 1. The molecule has 0 bridgehead atoms. The first-order chi connectivity index (χ1) is 12.5. The Morgan fingerprint density at radius 2 is 2.00 bits per heavy atom. The molecule has 1 amide bonds. The van der Waals surface area contributed by atoms with Crippen molar-refractivity contribution in [3.63, 3.8) is 0 Å². The lowest BCUT2D eigenvalue weighted by Crippen LogP contribution is -2.36. The fourth-order valence-corrected chi connectivity index (χ4v) is 4.14. The number of fused-ring (bicyclic) bond motifs is 2. The van der Waals surface area contributed by atoms with Gasteiger partial charge in [0.25, 0.3) is 5.91 Å². The number of amides is 1. The standard InChI is InChI=1S/C19H13Cl2NO4/c20-15-7-11-8-22(5-3-12(11)17(21)16(15)19(24)25)18(23)13-2-1-10-4-6-26-9-14(10)13/h1-2,4,6-7,9H,3,5,8H2,(H,24,25). The molecule has 0 spiro atoms. The van der Waals surface area contributed by atoms with E-state index in [1.54, 1.807) is 29.6 Å². The summed E-state index contributed by atoms with van der Waals surface area (Å²) in [7, 11) is 0. The predicted molar refractivity (Wildman–Crippen MR) is 97.2 cm³/mol. The molecule has 0 aromatic heterocycles. The second kappa shape index (κ2) is 6.34. The van der Waals surface area contributed by atoms with E-state index in [1.807, 2.05) is 12.1 Å². The fourth-order valence-electron chi connectivity index (χ4n) is 3.38. The average Bonchev–Trinajstić information content (AvgIpc) is 3.04. The van der Waals surface area contributed by atoms with Crippen LogP contribution in [-0.2, 0) is 13.0 Å². The van der Waals surface area contributed by atoms with Gasteiger partial charge in [0.05, 0.1) is 33.7 Å². The molecule has 1 aromatic rings. The van der Waals surface area contributed by atoms with Gasteiger partial charge < -0.3 is 14.4 Å². The topological polar surface area (TPSA) is 70.8 Å². The van der Waals surface area contributed by atoms with E-state index in [0.717, 1.165) is 22.3 Å². The fraction of sp³-hybridized carbons (Fsp3) is 0.158. The predicted octanol–water partition coefficient (Wildman–Crippen LogP) is 4.59. The summed E-state index contributed by atoms with van der Waals surface area (Å²) in [5.74, 6) is -1.27. The van der Waals surface area contributed by atoms with E-state index in [4.69, 9.17) is 27.6 Å². The Hall–Kier alpha value is -2.50. The first-order valence-electron chi connectivity index (χ1n) is 7.94. The minimum atomic E-state index is -1.16. The second-order valence-corrected chi connectivity index (χ2v) is 6.92. The molecule has 0 atom stereocenters. The molecule has 1 N–H and O–H groups in total. The lowest BCUT2D eigenvalue weighted by atomic mass is 9.96. The third-order valence-corrected chi connectivity index (χ3v) is 5.39. The van der Waals surface area contributed by atoms with Gasteiger partial charge in [0, 0.05) is 18.7 Å². The lowest BCUT2D eigenvalue weighted by molar-refractivity contribution is 0.0692. The summed E-state index contributed by atoms with van der Waals surface area (Å²) < 4.78 is 5.19. The highest BCUT2D eigenvalue weighted by molar-refractivity contribution is 6.39. The monoisotopic (exact) mass is 389 g/mol. The molecule has 3 aliphatic rings. The van der Waals surface area contributed by atoms with Gasteiger partial charge in [-0.05, 0) is 41.3 Å². The van der Waals surface area contributed by atoms with Crippen LogP contribution in [0.25, 0.3) is 11.1 Å². The quantitative estimate of drug-likeness (QED) is 0.695. The van der Waals surface area contributed by atoms with Crippen molar-refractivity contribution < 1.29 is 19.1 Å². The number of hydrogen-bond donors (Lipinski definition) is 1. The highest BCUT2D eigenvalue weighted by Gasteiger charge is 2.29. The van der Waals surface area contributed by atoms with Gasteiger partial charge in [-0.1, -0.05) is 29.3 Å². The van der Waals surface area contributed by atoms with Crippen LogP contribution in [0.15, 0.2) is 41.2 Å². The van der Waals surface area contributed by atoms with Crippen LogP contribution in [0.3, 0.4) is 0 Å². The van der Waals surface area contributed by atoms with Gasteiger partial charge in [0.1, 0.15) is 0 Å². The van der Waals surface area contributed by atoms with Crippen LogP contribution >= 0.6 is 23.2 Å². The van der Waals surface area contributed by atoms with Crippen LogP contribution in [0, 0.1) is 0 Å². The number of carbonyl (C=O) groups is 2. The minimum absolute atomic E-state index is 0.0770. The third kappa shape index (κ3) is 2.64. The molecular weight excluding hydrogens is 377 g/mol. The van der Waals surface area contributed by atoms with Crippen LogP contribution in [0.1, 0.15) is 31.8 Å². The maximum Gasteiger partial charge on any atom is 0.338 e. The average molecular weight is 390 g/mol. The number of carboxylic acids is 1. The highest BCUT2D eigenvalue weighted by Crippen LogP contribution is 2.36. The number of aromatic carboxylic acids is 1. The van der Waals surface area contributed by atoms with Crippen LogP contribution < -0.4 is 0 Å². The van der Waals surface area contributed by atoms with Crippen molar-refractivity contribution in [2.45, 2.75) is 13.0 Å². The van der Waals surface area contributed by atoms with Crippen molar-refractivity contribution in [3.05, 3.63) is 69.1 Å². The van der Waals surface area contributed by atoms with Crippen molar-refractivity contribution in [1.29, 1.82) is 0 Å². The Labute approximate surface area is 159 Å². The molecule has 2 heterocycles. The van der Waals surface area contributed by atoms with E-state index < -0.39 is 5.97 Å². The van der Waals surface area contributed by atoms with E-state index in [1.165, 1.54) is 0 Å². The Morgan fingerprint density at radius 1 is 1.19 bits per heavy atom. The number of carbonyl (C=O) groups excluding carboxylic acids is 1. The lowest BCUT2D eigenvalue weighted by Gasteiger charge is -2.30. The van der Waals surface area contributed by atoms with Gasteiger partial charge in [-0.2, -0.15) is 0 Å². The third-order valence-electron chi connectivity index (χ3n) is 4.68. The first-order valence-corrected chi connectivity index (χ1v) is 8.70. The molecule has 26 heavy (non-hydrogen) atoms. The molecule has 1 aliphatic carbocycles. The Kier molecular flexibility index (Phi) is 4.13. The number of benzene rings is 1. The molecule has 0 saturated heterocycles. The van der Waals surface area contributed by atoms with E-state index in [2.05, 4.69) is 0 Å². The molecule has 132 valence electrons. The zero-order valence-corrected chi connectivity index (χ0v) is 15.0. The van der Waals surface area contributed by atoms with Gasteiger partial charge in [-0.25, -0.2) is 4.79 Å². The van der Waals surface area contributed by atoms with Gasteiger partial charge in [-0.15, -0.1) is 0 Å². The molecule has 0 fully saturated rings. The molecular formula is C19H13Cl2NO4. The molecule has 2 aliphatic heterocycles. The van der Waals surface area contributed by atoms with Crippen LogP contribution in [0.4, 0.5) is 0 Å². The normalized spacial score (nSPS) is 13.7. The second-order valence-electron chi connectivity index (χ2n) is 6.14. The molecule has 0 saturated carbocycles. The zero-order chi connectivity index (χ0) is 18.4. The molecule has 1 aromatic carbocycles. The van der Waals surface area contributed by atoms with Crippen molar-refractivity contribution in [2.75, 3.05) is 6.54 Å². The summed E-state index contributed by atoms with van der Waals surface area (Å²) in [5.41, 5.74) is 3.70. The van der Waals surface area contributed by atoms with Gasteiger partial charge >= 0.3 is 5.97 Å². The number of nitrogens with zero attached hydrogens (tertiary/aromatic N) is 1. The number of halogens is 2. The highest BCUT2D eigenvalue weighted by atomic mass is 35.5. The summed E-state index contributed by atoms with van der Waals surface area (Å²) >= 11 is 12.3. The Bertz CT molecular complexity index is 1010. The molecule has 7 heteroatoms. The summed E-state index contributed by atoms with van der Waals surface area (Å²) in [4.78, 5) is 26.0. The molecule has 5 nitrogen and oxygen atoms in total. The summed E-state index contributed by atoms with van der Waals surface area (Å²) in [6, 6.07) is 7.06. The van der Waals surface area contributed by atoms with E-state index >= 15 is 0 Å². The maximum atomic E-state index is 13.0. The number of rotatable bonds is 2. The molecule has 0 unspecified atom stereocenters. The smallest absolute Gasteiger partial charge is 0.338 e. The summed E-state index contributed by atoms with van der Waals surface area (Å²) in [5, 5.41) is 9.51.